The summed E-state index contributed by atoms with van der Waals surface area (Å²) >= 11 is 0. The molecule has 1 heteroatoms. The highest BCUT2D eigenvalue weighted by atomic mass is 14.9. The Kier molecular flexibility index (Phi) is 4.05. The first-order valence-corrected chi connectivity index (χ1v) is 7.79. The van der Waals surface area contributed by atoms with Crippen LogP contribution in [0, 0.1) is 5.92 Å². The zero-order valence-corrected chi connectivity index (χ0v) is 12.2. The zero-order valence-electron chi connectivity index (χ0n) is 12.2. The summed E-state index contributed by atoms with van der Waals surface area (Å²) in [4.78, 5) is 0. The molecule has 1 fully saturated rings. The maximum atomic E-state index is 3.81. The minimum Gasteiger partial charge on any atom is -0.382 e. The molecule has 2 atom stereocenters. The number of hydrogen-bond donors (Lipinski definition) is 1. The van der Waals surface area contributed by atoms with Gasteiger partial charge in [-0.15, -0.1) is 0 Å². The van der Waals surface area contributed by atoms with Crippen molar-refractivity contribution in [2.24, 2.45) is 5.92 Å². The van der Waals surface area contributed by atoms with E-state index in [1.807, 2.05) is 0 Å². The molecule has 0 radical (unpaired) electrons. The lowest BCUT2D eigenvalue weighted by Gasteiger charge is -2.22. The van der Waals surface area contributed by atoms with Gasteiger partial charge in [-0.25, -0.2) is 0 Å². The summed E-state index contributed by atoms with van der Waals surface area (Å²) in [5.74, 6) is 0.832. The second-order valence-corrected chi connectivity index (χ2v) is 5.76. The van der Waals surface area contributed by atoms with Gasteiger partial charge in [0, 0.05) is 17.3 Å². The van der Waals surface area contributed by atoms with Crippen LogP contribution in [0.4, 0.5) is 5.69 Å². The van der Waals surface area contributed by atoms with Gasteiger partial charge >= 0.3 is 0 Å². The predicted molar refractivity (Wildman–Crippen MR) is 86.9 cm³/mol. The Morgan fingerprint density at radius 1 is 0.950 bits per heavy atom. The fourth-order valence-corrected chi connectivity index (χ4v) is 3.39. The quantitative estimate of drug-likeness (QED) is 0.786. The molecular weight excluding hydrogens is 242 g/mol. The number of anilines is 1. The molecule has 1 aliphatic carbocycles. The third-order valence-corrected chi connectivity index (χ3v) is 4.54. The van der Waals surface area contributed by atoms with Gasteiger partial charge in [0.2, 0.25) is 0 Å². The Bertz CT molecular complexity index is 547. The summed E-state index contributed by atoms with van der Waals surface area (Å²) in [6.45, 7) is 2.31. The van der Waals surface area contributed by atoms with Crippen LogP contribution in [0.1, 0.15) is 32.6 Å². The molecule has 104 valence electrons. The Morgan fingerprint density at radius 2 is 1.70 bits per heavy atom. The molecule has 1 saturated carbocycles. The first-order valence-electron chi connectivity index (χ1n) is 7.79. The van der Waals surface area contributed by atoms with Crippen LogP contribution < -0.4 is 5.32 Å². The second kappa shape index (κ2) is 6.13. The summed E-state index contributed by atoms with van der Waals surface area (Å²) in [6.07, 6.45) is 5.33. The molecule has 0 aliphatic heterocycles. The summed E-state index contributed by atoms with van der Waals surface area (Å²) < 4.78 is 0. The van der Waals surface area contributed by atoms with Crippen LogP contribution in [-0.4, -0.2) is 6.04 Å². The SMILES string of the molecule is CCC1CCCC1Nc1ccccc1-c1ccccc1. The molecule has 2 aromatic rings. The Morgan fingerprint density at radius 3 is 2.50 bits per heavy atom. The maximum Gasteiger partial charge on any atom is 0.0422 e. The number of para-hydroxylation sites is 1. The highest BCUT2D eigenvalue weighted by Crippen LogP contribution is 2.34. The summed E-state index contributed by atoms with van der Waals surface area (Å²) in [6, 6.07) is 20.0. The largest absolute Gasteiger partial charge is 0.382 e. The van der Waals surface area contributed by atoms with Gasteiger partial charge in [-0.1, -0.05) is 68.3 Å². The molecule has 0 heterocycles. The Hall–Kier alpha value is -1.76. The third kappa shape index (κ3) is 2.72. The average Bonchev–Trinajstić information content (AvgIpc) is 2.96. The molecule has 20 heavy (non-hydrogen) atoms. The van der Waals surface area contributed by atoms with Crippen molar-refractivity contribution in [3.05, 3.63) is 54.6 Å². The lowest BCUT2D eigenvalue weighted by molar-refractivity contribution is 0.489. The molecule has 2 unspecified atom stereocenters. The molecule has 0 aromatic heterocycles. The number of rotatable bonds is 4. The molecule has 3 rings (SSSR count). The van der Waals surface area contributed by atoms with Gasteiger partial charge in [0.05, 0.1) is 0 Å². The fraction of sp³-hybridized carbons (Fsp3) is 0.368. The van der Waals surface area contributed by atoms with Crippen LogP contribution in [0.2, 0.25) is 0 Å². The van der Waals surface area contributed by atoms with Gasteiger partial charge in [-0.3, -0.25) is 0 Å². The fourth-order valence-electron chi connectivity index (χ4n) is 3.39. The van der Waals surface area contributed by atoms with E-state index in [0.29, 0.717) is 6.04 Å². The molecule has 1 aliphatic rings. The highest BCUT2D eigenvalue weighted by molar-refractivity contribution is 5.77. The van der Waals surface area contributed by atoms with Gasteiger partial charge in [0.15, 0.2) is 0 Å². The highest BCUT2D eigenvalue weighted by Gasteiger charge is 2.25. The number of benzene rings is 2. The van der Waals surface area contributed by atoms with Crippen molar-refractivity contribution in [1.29, 1.82) is 0 Å². The minimum atomic E-state index is 0.643. The van der Waals surface area contributed by atoms with E-state index in [-0.39, 0.29) is 0 Å². The minimum absolute atomic E-state index is 0.643. The van der Waals surface area contributed by atoms with Crippen molar-refractivity contribution in [2.75, 3.05) is 5.32 Å². The van der Waals surface area contributed by atoms with Crippen LogP contribution in [-0.2, 0) is 0 Å². The normalized spacial score (nSPS) is 21.9. The standard InChI is InChI=1S/C19H23N/c1-2-15-11-8-14-18(15)20-19-13-7-6-12-17(19)16-9-4-3-5-10-16/h3-7,9-10,12-13,15,18,20H,2,8,11,14H2,1H3. The van der Waals surface area contributed by atoms with Crippen molar-refractivity contribution < 1.29 is 0 Å². The van der Waals surface area contributed by atoms with Crippen molar-refractivity contribution in [1.82, 2.24) is 0 Å². The number of nitrogens with one attached hydrogen (secondary N) is 1. The van der Waals surface area contributed by atoms with Gasteiger partial charge in [0.1, 0.15) is 0 Å². The van der Waals surface area contributed by atoms with Gasteiger partial charge in [-0.05, 0) is 30.4 Å². The van der Waals surface area contributed by atoms with Crippen LogP contribution in [0.5, 0.6) is 0 Å². The van der Waals surface area contributed by atoms with Crippen LogP contribution >= 0.6 is 0 Å². The molecule has 0 spiro atoms. The second-order valence-electron chi connectivity index (χ2n) is 5.76. The lowest BCUT2D eigenvalue weighted by Crippen LogP contribution is -2.23. The molecular formula is C19H23N. The van der Waals surface area contributed by atoms with E-state index >= 15 is 0 Å². The molecule has 2 aromatic carbocycles. The van der Waals surface area contributed by atoms with Gasteiger partial charge in [-0.2, -0.15) is 0 Å². The molecule has 1 nitrogen and oxygen atoms in total. The van der Waals surface area contributed by atoms with Crippen molar-refractivity contribution >= 4 is 5.69 Å². The molecule has 0 bridgehead atoms. The summed E-state index contributed by atoms with van der Waals surface area (Å²) in [5, 5.41) is 3.81. The van der Waals surface area contributed by atoms with E-state index in [2.05, 4.69) is 66.8 Å². The topological polar surface area (TPSA) is 12.0 Å². The lowest BCUT2D eigenvalue weighted by atomic mass is 9.98. The average molecular weight is 265 g/mol. The van der Waals surface area contributed by atoms with Crippen molar-refractivity contribution in [3.8, 4) is 11.1 Å². The Labute approximate surface area is 122 Å². The van der Waals surface area contributed by atoms with E-state index in [9.17, 15) is 0 Å². The van der Waals surface area contributed by atoms with Crippen molar-refractivity contribution in [2.45, 2.75) is 38.6 Å². The Balaban J connectivity index is 1.87. The van der Waals surface area contributed by atoms with E-state index < -0.39 is 0 Å². The van der Waals surface area contributed by atoms with Crippen molar-refractivity contribution in [3.63, 3.8) is 0 Å². The molecule has 0 amide bonds. The summed E-state index contributed by atoms with van der Waals surface area (Å²) in [5.41, 5.74) is 3.89. The first kappa shape index (κ1) is 13.2. The van der Waals surface area contributed by atoms with E-state index in [0.717, 1.165) is 5.92 Å². The van der Waals surface area contributed by atoms with Crippen LogP contribution in [0.15, 0.2) is 54.6 Å². The van der Waals surface area contributed by atoms with Gasteiger partial charge < -0.3 is 5.32 Å². The third-order valence-electron chi connectivity index (χ3n) is 4.54. The monoisotopic (exact) mass is 265 g/mol. The van der Waals surface area contributed by atoms with Gasteiger partial charge in [0.25, 0.3) is 0 Å². The zero-order chi connectivity index (χ0) is 13.8. The smallest absolute Gasteiger partial charge is 0.0422 e. The molecule has 0 saturated heterocycles. The van der Waals surface area contributed by atoms with Crippen LogP contribution in [0.25, 0.3) is 11.1 Å². The predicted octanol–water partition coefficient (Wildman–Crippen LogP) is 5.34. The summed E-state index contributed by atoms with van der Waals surface area (Å²) in [7, 11) is 0. The number of hydrogen-bond acceptors (Lipinski definition) is 1. The van der Waals surface area contributed by atoms with E-state index in [1.165, 1.54) is 42.5 Å². The first-order chi connectivity index (χ1) is 9.88. The molecule has 1 N–H and O–H groups in total. The van der Waals surface area contributed by atoms with E-state index in [1.54, 1.807) is 0 Å². The van der Waals surface area contributed by atoms with Crippen LogP contribution in [0.3, 0.4) is 0 Å². The maximum absolute atomic E-state index is 3.81. The van der Waals surface area contributed by atoms with E-state index in [4.69, 9.17) is 0 Å².